The van der Waals surface area contributed by atoms with Crippen LogP contribution >= 0.6 is 11.3 Å². The molecule has 3 nitrogen and oxygen atoms in total. The number of nitrogens with zero attached hydrogens (tertiary/aromatic N) is 2. The molecule has 4 aromatic rings. The van der Waals surface area contributed by atoms with Crippen LogP contribution < -0.4 is 5.32 Å². The van der Waals surface area contributed by atoms with Gasteiger partial charge in [-0.15, -0.1) is 11.3 Å². The van der Waals surface area contributed by atoms with E-state index in [0.717, 1.165) is 38.4 Å². The maximum atomic E-state index is 12.8. The standard InChI is InChI=1S/C21H16F3N3S/c1-13(14-5-3-2-4-6-14)27-19-17-11-18(28-20(17)26-12-25-19)15-7-9-16(10-8-15)21(22,23)24/h2-13H,1H3,(H,25,26,27)/t13-/m1/s1. The summed E-state index contributed by atoms with van der Waals surface area (Å²) in [5.74, 6) is 0.704. The third kappa shape index (κ3) is 3.71. The van der Waals surface area contributed by atoms with Gasteiger partial charge in [-0.2, -0.15) is 13.2 Å². The molecule has 1 atom stereocenters. The largest absolute Gasteiger partial charge is 0.416 e. The highest BCUT2D eigenvalue weighted by atomic mass is 32.1. The summed E-state index contributed by atoms with van der Waals surface area (Å²) >= 11 is 1.43. The maximum absolute atomic E-state index is 12.8. The molecule has 0 aliphatic heterocycles. The predicted octanol–water partition coefficient (Wildman–Crippen LogP) is 6.55. The first kappa shape index (κ1) is 18.4. The van der Waals surface area contributed by atoms with Crippen LogP contribution in [0.15, 0.2) is 67.0 Å². The van der Waals surface area contributed by atoms with Crippen LogP contribution in [0, 0.1) is 0 Å². The lowest BCUT2D eigenvalue weighted by atomic mass is 10.1. The van der Waals surface area contributed by atoms with Crippen molar-refractivity contribution in [2.75, 3.05) is 5.32 Å². The van der Waals surface area contributed by atoms with Gasteiger partial charge in [0.2, 0.25) is 0 Å². The average molecular weight is 399 g/mol. The normalized spacial score (nSPS) is 12.9. The van der Waals surface area contributed by atoms with Gasteiger partial charge in [0.15, 0.2) is 0 Å². The zero-order valence-corrected chi connectivity index (χ0v) is 15.7. The van der Waals surface area contributed by atoms with Crippen LogP contribution in [0.1, 0.15) is 24.1 Å². The highest BCUT2D eigenvalue weighted by molar-refractivity contribution is 7.21. The molecule has 2 aromatic heterocycles. The lowest BCUT2D eigenvalue weighted by Gasteiger charge is -2.15. The van der Waals surface area contributed by atoms with Gasteiger partial charge in [-0.3, -0.25) is 0 Å². The zero-order chi connectivity index (χ0) is 19.7. The minimum Gasteiger partial charge on any atom is -0.363 e. The molecule has 0 aliphatic rings. The van der Waals surface area contributed by atoms with Crippen molar-refractivity contribution in [1.82, 2.24) is 9.97 Å². The minimum absolute atomic E-state index is 0.0497. The van der Waals surface area contributed by atoms with Crippen molar-refractivity contribution in [3.63, 3.8) is 0 Å². The van der Waals surface area contributed by atoms with Gasteiger partial charge in [-0.1, -0.05) is 42.5 Å². The Bertz CT molecular complexity index is 1090. The van der Waals surface area contributed by atoms with Crippen LogP contribution in [0.3, 0.4) is 0 Å². The molecule has 142 valence electrons. The Labute approximate surface area is 163 Å². The number of hydrogen-bond acceptors (Lipinski definition) is 4. The van der Waals surface area contributed by atoms with Crippen LogP contribution in [-0.2, 0) is 6.18 Å². The Morgan fingerprint density at radius 3 is 2.36 bits per heavy atom. The molecule has 0 fully saturated rings. The molecule has 0 spiro atoms. The number of halogens is 3. The van der Waals surface area contributed by atoms with Crippen LogP contribution in [0.2, 0.25) is 0 Å². The molecule has 0 aliphatic carbocycles. The van der Waals surface area contributed by atoms with E-state index in [1.807, 2.05) is 43.3 Å². The van der Waals surface area contributed by atoms with E-state index >= 15 is 0 Å². The Kier molecular flexibility index (Phi) is 4.77. The SMILES string of the molecule is C[C@@H](Nc1ncnc2sc(-c3ccc(C(F)(F)F)cc3)cc12)c1ccccc1. The molecular formula is C21H16F3N3S. The van der Waals surface area contributed by atoms with E-state index in [2.05, 4.69) is 15.3 Å². The monoisotopic (exact) mass is 399 g/mol. The van der Waals surface area contributed by atoms with E-state index in [1.54, 1.807) is 0 Å². The summed E-state index contributed by atoms with van der Waals surface area (Å²) in [5.41, 5.74) is 1.20. The summed E-state index contributed by atoms with van der Waals surface area (Å²) in [4.78, 5) is 10.3. The molecule has 0 unspecified atom stereocenters. The summed E-state index contributed by atoms with van der Waals surface area (Å²) in [6, 6.07) is 17.2. The molecule has 2 aromatic carbocycles. The maximum Gasteiger partial charge on any atom is 0.416 e. The fraction of sp³-hybridized carbons (Fsp3) is 0.143. The van der Waals surface area contributed by atoms with Gasteiger partial charge in [0.05, 0.1) is 10.9 Å². The fourth-order valence-corrected chi connectivity index (χ4v) is 3.97. The van der Waals surface area contributed by atoms with Gasteiger partial charge in [0.25, 0.3) is 0 Å². The Balaban J connectivity index is 1.65. The van der Waals surface area contributed by atoms with Crippen molar-refractivity contribution in [2.45, 2.75) is 19.1 Å². The number of alkyl halides is 3. The molecule has 2 heterocycles. The van der Waals surface area contributed by atoms with E-state index < -0.39 is 11.7 Å². The van der Waals surface area contributed by atoms with Crippen molar-refractivity contribution in [3.8, 4) is 10.4 Å². The Morgan fingerprint density at radius 2 is 1.68 bits per heavy atom. The van der Waals surface area contributed by atoms with Gasteiger partial charge >= 0.3 is 6.18 Å². The first-order chi connectivity index (χ1) is 13.4. The lowest BCUT2D eigenvalue weighted by Crippen LogP contribution is -2.08. The number of anilines is 1. The Morgan fingerprint density at radius 1 is 0.964 bits per heavy atom. The van der Waals surface area contributed by atoms with E-state index in [9.17, 15) is 13.2 Å². The third-order valence-corrected chi connectivity index (χ3v) is 5.57. The Hall–Kier alpha value is -2.93. The van der Waals surface area contributed by atoms with Crippen LogP contribution in [0.5, 0.6) is 0 Å². The first-order valence-electron chi connectivity index (χ1n) is 8.65. The topological polar surface area (TPSA) is 37.8 Å². The van der Waals surface area contributed by atoms with Gasteiger partial charge in [0, 0.05) is 10.9 Å². The number of rotatable bonds is 4. The third-order valence-electron chi connectivity index (χ3n) is 4.48. The second-order valence-electron chi connectivity index (χ2n) is 6.40. The van der Waals surface area contributed by atoms with Crippen molar-refractivity contribution in [1.29, 1.82) is 0 Å². The molecule has 0 saturated heterocycles. The molecular weight excluding hydrogens is 383 g/mol. The summed E-state index contributed by atoms with van der Waals surface area (Å²) in [6.45, 7) is 2.05. The highest BCUT2D eigenvalue weighted by Gasteiger charge is 2.30. The summed E-state index contributed by atoms with van der Waals surface area (Å²) in [6.07, 6.45) is -2.84. The second-order valence-corrected chi connectivity index (χ2v) is 7.43. The van der Waals surface area contributed by atoms with Crippen molar-refractivity contribution in [2.24, 2.45) is 0 Å². The molecule has 0 bridgehead atoms. The molecule has 0 amide bonds. The molecule has 0 radical (unpaired) electrons. The minimum atomic E-state index is -4.34. The van der Waals surface area contributed by atoms with Gasteiger partial charge < -0.3 is 5.32 Å². The number of aromatic nitrogens is 2. The summed E-state index contributed by atoms with van der Waals surface area (Å²) in [5, 5.41) is 4.25. The zero-order valence-electron chi connectivity index (χ0n) is 14.9. The summed E-state index contributed by atoms with van der Waals surface area (Å²) in [7, 11) is 0. The number of nitrogens with one attached hydrogen (secondary N) is 1. The van der Waals surface area contributed by atoms with Crippen molar-refractivity contribution < 1.29 is 13.2 Å². The smallest absolute Gasteiger partial charge is 0.363 e. The number of hydrogen-bond donors (Lipinski definition) is 1. The quantitative estimate of drug-likeness (QED) is 0.423. The van der Waals surface area contributed by atoms with Crippen molar-refractivity contribution in [3.05, 3.63) is 78.1 Å². The fourth-order valence-electron chi connectivity index (χ4n) is 2.97. The van der Waals surface area contributed by atoms with Crippen LogP contribution in [-0.4, -0.2) is 9.97 Å². The second kappa shape index (κ2) is 7.24. The molecule has 28 heavy (non-hydrogen) atoms. The summed E-state index contributed by atoms with van der Waals surface area (Å²) < 4.78 is 38.3. The lowest BCUT2D eigenvalue weighted by molar-refractivity contribution is -0.137. The van der Waals surface area contributed by atoms with E-state index in [1.165, 1.54) is 29.8 Å². The molecule has 1 N–H and O–H groups in total. The van der Waals surface area contributed by atoms with E-state index in [4.69, 9.17) is 0 Å². The number of thiophene rings is 1. The van der Waals surface area contributed by atoms with Crippen molar-refractivity contribution >= 4 is 27.4 Å². The molecule has 0 saturated carbocycles. The van der Waals surface area contributed by atoms with Crippen LogP contribution in [0.25, 0.3) is 20.7 Å². The van der Waals surface area contributed by atoms with Gasteiger partial charge in [-0.05, 0) is 36.2 Å². The van der Waals surface area contributed by atoms with Crippen LogP contribution in [0.4, 0.5) is 19.0 Å². The van der Waals surface area contributed by atoms with E-state index in [0.29, 0.717) is 5.82 Å². The number of fused-ring (bicyclic) bond motifs is 1. The first-order valence-corrected chi connectivity index (χ1v) is 9.47. The van der Waals surface area contributed by atoms with Gasteiger partial charge in [-0.25, -0.2) is 9.97 Å². The van der Waals surface area contributed by atoms with E-state index in [-0.39, 0.29) is 6.04 Å². The highest BCUT2D eigenvalue weighted by Crippen LogP contribution is 2.37. The number of benzene rings is 2. The predicted molar refractivity (Wildman–Crippen MR) is 106 cm³/mol. The molecule has 4 rings (SSSR count). The average Bonchev–Trinajstić information content (AvgIpc) is 3.13. The van der Waals surface area contributed by atoms with Gasteiger partial charge in [0.1, 0.15) is 17.0 Å². The molecule has 7 heteroatoms.